The van der Waals surface area contributed by atoms with E-state index in [-0.39, 0.29) is 0 Å². The molecule has 0 aliphatic heterocycles. The van der Waals surface area contributed by atoms with Crippen LogP contribution in [-0.2, 0) is 9.59 Å². The molecule has 0 saturated carbocycles. The molecule has 0 aliphatic rings. The summed E-state index contributed by atoms with van der Waals surface area (Å²) in [5.41, 5.74) is 4.55. The Bertz CT molecular complexity index is 753. The summed E-state index contributed by atoms with van der Waals surface area (Å²) in [6.07, 6.45) is 1.47. The van der Waals surface area contributed by atoms with E-state index in [9.17, 15) is 9.59 Å². The van der Waals surface area contributed by atoms with Crippen LogP contribution in [0.4, 0.5) is 11.4 Å². The molecule has 0 fully saturated rings. The van der Waals surface area contributed by atoms with Gasteiger partial charge in [0.2, 0.25) is 0 Å². The molecule has 2 aromatic carbocycles. The van der Waals surface area contributed by atoms with Crippen molar-refractivity contribution in [3.63, 3.8) is 0 Å². The maximum Gasteiger partial charge on any atom is 0.329 e. The van der Waals surface area contributed by atoms with Crippen LogP contribution in [0, 0.1) is 0 Å². The highest BCUT2D eigenvalue weighted by Gasteiger charge is 2.12. The summed E-state index contributed by atoms with van der Waals surface area (Å²) in [6.45, 7) is 0. The predicted molar refractivity (Wildman–Crippen MR) is 98.1 cm³/mol. The van der Waals surface area contributed by atoms with E-state index in [0.29, 0.717) is 11.4 Å². The molecule has 0 unspecified atom stereocenters. The number of ether oxygens (including phenoxy) is 1. The van der Waals surface area contributed by atoms with Crippen LogP contribution in [0.2, 0.25) is 0 Å². The van der Waals surface area contributed by atoms with Crippen LogP contribution >= 0.6 is 0 Å². The van der Waals surface area contributed by atoms with Gasteiger partial charge < -0.3 is 15.0 Å². The Kier molecular flexibility index (Phi) is 6.11. The van der Waals surface area contributed by atoms with Crippen molar-refractivity contribution in [3.05, 3.63) is 54.1 Å². The van der Waals surface area contributed by atoms with Crippen LogP contribution in [0.25, 0.3) is 0 Å². The van der Waals surface area contributed by atoms with Crippen LogP contribution < -0.4 is 20.4 Å². The van der Waals surface area contributed by atoms with E-state index in [1.807, 2.05) is 43.3 Å². The fourth-order valence-electron chi connectivity index (χ4n) is 1.94. The van der Waals surface area contributed by atoms with Crippen LogP contribution in [0.3, 0.4) is 0 Å². The molecule has 0 aliphatic carbocycles. The third-order valence-corrected chi connectivity index (χ3v) is 3.34. The zero-order chi connectivity index (χ0) is 18.2. The van der Waals surface area contributed by atoms with Gasteiger partial charge in [0.15, 0.2) is 0 Å². The number of carbonyl (C=O) groups is 2. The van der Waals surface area contributed by atoms with Crippen molar-refractivity contribution in [2.45, 2.75) is 0 Å². The molecule has 0 atom stereocenters. The Morgan fingerprint density at radius 1 is 1.00 bits per heavy atom. The minimum atomic E-state index is -0.850. The highest BCUT2D eigenvalue weighted by molar-refractivity contribution is 6.39. The van der Waals surface area contributed by atoms with Crippen molar-refractivity contribution in [3.8, 4) is 5.75 Å². The third-order valence-electron chi connectivity index (χ3n) is 3.34. The number of nitrogens with one attached hydrogen (secondary N) is 2. The second-order valence-corrected chi connectivity index (χ2v) is 5.37. The van der Waals surface area contributed by atoms with Crippen molar-refractivity contribution in [1.82, 2.24) is 5.43 Å². The number of carbonyl (C=O) groups excluding carboxylic acids is 2. The van der Waals surface area contributed by atoms with Crippen molar-refractivity contribution in [1.29, 1.82) is 0 Å². The van der Waals surface area contributed by atoms with E-state index < -0.39 is 11.8 Å². The van der Waals surface area contributed by atoms with Crippen molar-refractivity contribution >= 4 is 29.4 Å². The van der Waals surface area contributed by atoms with Crippen LogP contribution in [0.1, 0.15) is 5.56 Å². The monoisotopic (exact) mass is 340 g/mol. The lowest BCUT2D eigenvalue weighted by Crippen LogP contribution is -2.32. The molecule has 7 nitrogen and oxygen atoms in total. The molecule has 0 bridgehead atoms. The number of hydrogen-bond donors (Lipinski definition) is 2. The Morgan fingerprint density at radius 3 is 2.20 bits per heavy atom. The number of methoxy groups -OCH3 is 1. The molecule has 0 heterocycles. The van der Waals surface area contributed by atoms with Gasteiger partial charge in [0.25, 0.3) is 0 Å². The zero-order valence-electron chi connectivity index (χ0n) is 14.3. The topological polar surface area (TPSA) is 83.0 Å². The first-order chi connectivity index (χ1) is 12.0. The molecular formula is C18H20N4O3. The highest BCUT2D eigenvalue weighted by atomic mass is 16.5. The lowest BCUT2D eigenvalue weighted by atomic mass is 10.2. The smallest absolute Gasteiger partial charge is 0.329 e. The molecule has 2 aromatic rings. The average Bonchev–Trinajstić information content (AvgIpc) is 2.62. The molecule has 130 valence electrons. The minimum Gasteiger partial charge on any atom is -0.497 e. The minimum absolute atomic E-state index is 0.490. The molecular weight excluding hydrogens is 320 g/mol. The summed E-state index contributed by atoms with van der Waals surface area (Å²) in [5, 5.41) is 6.26. The maximum atomic E-state index is 11.8. The molecule has 2 N–H and O–H groups in total. The summed E-state index contributed by atoms with van der Waals surface area (Å²) >= 11 is 0. The van der Waals surface area contributed by atoms with Gasteiger partial charge in [-0.25, -0.2) is 5.43 Å². The summed E-state index contributed by atoms with van der Waals surface area (Å²) in [4.78, 5) is 25.5. The second kappa shape index (κ2) is 8.49. The van der Waals surface area contributed by atoms with E-state index in [2.05, 4.69) is 15.8 Å². The number of hydrogen-bond acceptors (Lipinski definition) is 5. The molecule has 0 saturated heterocycles. The molecule has 0 radical (unpaired) electrons. The Balaban J connectivity index is 1.86. The standard InChI is InChI=1S/C18H20N4O3/c1-22(2)15-8-4-13(5-9-15)12-19-21-18(24)17(23)20-14-6-10-16(25-3)11-7-14/h4-12H,1-3H3,(H,20,23)(H,21,24)/b19-12+. The fraction of sp³-hybridized carbons (Fsp3) is 0.167. The molecule has 0 spiro atoms. The lowest BCUT2D eigenvalue weighted by molar-refractivity contribution is -0.136. The molecule has 25 heavy (non-hydrogen) atoms. The molecule has 7 heteroatoms. The maximum absolute atomic E-state index is 11.8. The molecule has 2 amide bonds. The van der Waals surface area contributed by atoms with Gasteiger partial charge in [0.1, 0.15) is 5.75 Å². The first-order valence-corrected chi connectivity index (χ1v) is 7.55. The largest absolute Gasteiger partial charge is 0.497 e. The Labute approximate surface area is 146 Å². The normalized spacial score (nSPS) is 10.4. The number of hydrazone groups is 1. The third kappa shape index (κ3) is 5.35. The zero-order valence-corrected chi connectivity index (χ0v) is 14.3. The summed E-state index contributed by atoms with van der Waals surface area (Å²) < 4.78 is 5.02. The summed E-state index contributed by atoms with van der Waals surface area (Å²) in [6, 6.07) is 14.2. The van der Waals surface area contributed by atoms with E-state index in [1.54, 1.807) is 31.4 Å². The van der Waals surface area contributed by atoms with Crippen LogP contribution in [0.5, 0.6) is 5.75 Å². The Morgan fingerprint density at radius 2 is 1.64 bits per heavy atom. The Hall–Kier alpha value is -3.35. The van der Waals surface area contributed by atoms with Gasteiger partial charge in [-0.2, -0.15) is 5.10 Å². The van der Waals surface area contributed by atoms with Gasteiger partial charge in [-0.15, -0.1) is 0 Å². The fourth-order valence-corrected chi connectivity index (χ4v) is 1.94. The summed E-state index contributed by atoms with van der Waals surface area (Å²) in [7, 11) is 5.45. The van der Waals surface area contributed by atoms with Crippen LogP contribution in [-0.4, -0.2) is 39.2 Å². The number of anilines is 2. The number of benzene rings is 2. The van der Waals surface area contributed by atoms with Crippen molar-refractivity contribution in [2.75, 3.05) is 31.4 Å². The predicted octanol–water partition coefficient (Wildman–Crippen LogP) is 1.85. The molecule has 0 aromatic heterocycles. The first-order valence-electron chi connectivity index (χ1n) is 7.55. The summed E-state index contributed by atoms with van der Waals surface area (Å²) in [5.74, 6) is -0.991. The number of rotatable bonds is 5. The SMILES string of the molecule is COc1ccc(NC(=O)C(=O)N/N=C/c2ccc(N(C)C)cc2)cc1. The van der Waals surface area contributed by atoms with Gasteiger partial charge in [-0.3, -0.25) is 9.59 Å². The highest BCUT2D eigenvalue weighted by Crippen LogP contribution is 2.14. The average molecular weight is 340 g/mol. The number of nitrogens with zero attached hydrogens (tertiary/aromatic N) is 2. The first kappa shape index (κ1) is 18.0. The van der Waals surface area contributed by atoms with Crippen molar-refractivity contribution in [2.24, 2.45) is 5.10 Å². The van der Waals surface area contributed by atoms with E-state index >= 15 is 0 Å². The van der Waals surface area contributed by atoms with Gasteiger partial charge >= 0.3 is 11.8 Å². The van der Waals surface area contributed by atoms with Gasteiger partial charge in [-0.05, 0) is 42.0 Å². The molecule has 2 rings (SSSR count). The van der Waals surface area contributed by atoms with E-state index in [1.165, 1.54) is 6.21 Å². The quantitative estimate of drug-likeness (QED) is 0.494. The van der Waals surface area contributed by atoms with Gasteiger partial charge in [-0.1, -0.05) is 12.1 Å². The lowest BCUT2D eigenvalue weighted by Gasteiger charge is -2.11. The number of amides is 2. The second-order valence-electron chi connectivity index (χ2n) is 5.37. The van der Waals surface area contributed by atoms with Crippen LogP contribution in [0.15, 0.2) is 53.6 Å². The van der Waals surface area contributed by atoms with Crippen molar-refractivity contribution < 1.29 is 14.3 Å². The van der Waals surface area contributed by atoms with Gasteiger partial charge in [0, 0.05) is 25.5 Å². The van der Waals surface area contributed by atoms with E-state index in [4.69, 9.17) is 4.74 Å². The van der Waals surface area contributed by atoms with Gasteiger partial charge in [0.05, 0.1) is 13.3 Å². The van der Waals surface area contributed by atoms with E-state index in [0.717, 1.165) is 11.3 Å².